The van der Waals surface area contributed by atoms with Crippen molar-refractivity contribution < 1.29 is 19.4 Å². The molecule has 2 rings (SSSR count). The predicted octanol–water partition coefficient (Wildman–Crippen LogP) is 2.12. The van der Waals surface area contributed by atoms with Crippen LogP contribution < -0.4 is 15.2 Å². The predicted molar refractivity (Wildman–Crippen MR) is 86.1 cm³/mol. The molecule has 0 bridgehead atoms. The smallest absolute Gasteiger partial charge is 0.262 e. The minimum absolute atomic E-state index is 0.142. The molecule has 0 aliphatic carbocycles. The Morgan fingerprint density at radius 3 is 2.35 bits per heavy atom. The van der Waals surface area contributed by atoms with Crippen molar-refractivity contribution in [2.24, 2.45) is 0 Å². The lowest BCUT2D eigenvalue weighted by atomic mass is 10.2. The number of amides is 1. The lowest BCUT2D eigenvalue weighted by molar-refractivity contribution is -0.297. The Kier molecular flexibility index (Phi) is 5.77. The van der Waals surface area contributed by atoms with Crippen molar-refractivity contribution in [3.8, 4) is 5.75 Å². The van der Waals surface area contributed by atoms with E-state index in [-0.39, 0.29) is 12.5 Å². The molecule has 0 radical (unpaired) electrons. The van der Waals surface area contributed by atoms with Gasteiger partial charge in [0.25, 0.3) is 5.91 Å². The second kappa shape index (κ2) is 8.00. The zero-order valence-corrected chi connectivity index (χ0v) is 12.7. The molecule has 0 saturated heterocycles. The molecule has 0 atom stereocenters. The molecule has 23 heavy (non-hydrogen) atoms. The lowest BCUT2D eigenvalue weighted by Gasteiger charge is -2.08. The molecule has 6 heteroatoms. The summed E-state index contributed by atoms with van der Waals surface area (Å²) in [6, 6.07) is 13.4. The summed E-state index contributed by atoms with van der Waals surface area (Å²) in [5, 5.41) is 13.6. The van der Waals surface area contributed by atoms with Gasteiger partial charge < -0.3 is 20.0 Å². The Morgan fingerprint density at radius 2 is 1.74 bits per heavy atom. The number of rotatable bonds is 6. The molecule has 0 saturated carbocycles. The fourth-order valence-corrected chi connectivity index (χ4v) is 1.84. The van der Waals surface area contributed by atoms with Crippen LogP contribution in [0.5, 0.6) is 5.75 Å². The van der Waals surface area contributed by atoms with Gasteiger partial charge in [0.15, 0.2) is 6.61 Å². The minimum atomic E-state index is -1.26. The largest absolute Gasteiger partial charge is 0.545 e. The van der Waals surface area contributed by atoms with Crippen molar-refractivity contribution in [3.63, 3.8) is 0 Å². The maximum absolute atomic E-state index is 11.8. The first-order valence-corrected chi connectivity index (χ1v) is 7.08. The van der Waals surface area contributed by atoms with E-state index in [4.69, 9.17) is 16.3 Å². The van der Waals surface area contributed by atoms with E-state index in [2.05, 4.69) is 5.32 Å². The molecule has 1 amide bonds. The number of halogens is 1. The molecule has 0 aliphatic heterocycles. The summed E-state index contributed by atoms with van der Waals surface area (Å²) < 4.78 is 5.35. The SMILES string of the molecule is O=C([O-])/C=C/c1ccc(OCC(=O)Nc2ccc(Cl)cc2)cc1. The summed E-state index contributed by atoms with van der Waals surface area (Å²) in [5.74, 6) is -1.06. The highest BCUT2D eigenvalue weighted by Crippen LogP contribution is 2.15. The normalized spacial score (nSPS) is 10.5. The molecule has 2 aromatic carbocycles. The van der Waals surface area contributed by atoms with E-state index in [9.17, 15) is 14.7 Å². The van der Waals surface area contributed by atoms with E-state index in [1.165, 1.54) is 6.08 Å². The van der Waals surface area contributed by atoms with Gasteiger partial charge in [-0.05, 0) is 48.0 Å². The Balaban J connectivity index is 1.84. The number of hydrogen-bond acceptors (Lipinski definition) is 4. The third kappa shape index (κ3) is 5.84. The van der Waals surface area contributed by atoms with Gasteiger partial charge in [-0.25, -0.2) is 0 Å². The number of ether oxygens (including phenoxy) is 1. The van der Waals surface area contributed by atoms with Crippen LogP contribution in [0.3, 0.4) is 0 Å². The first-order valence-electron chi connectivity index (χ1n) is 6.70. The van der Waals surface area contributed by atoms with Crippen LogP contribution >= 0.6 is 11.6 Å². The minimum Gasteiger partial charge on any atom is -0.545 e. The van der Waals surface area contributed by atoms with Gasteiger partial charge in [-0.2, -0.15) is 0 Å². The molecular weight excluding hydrogens is 318 g/mol. The van der Waals surface area contributed by atoms with Gasteiger partial charge in [0.1, 0.15) is 5.75 Å². The van der Waals surface area contributed by atoms with Crippen LogP contribution in [0.1, 0.15) is 5.56 Å². The fraction of sp³-hybridized carbons (Fsp3) is 0.0588. The van der Waals surface area contributed by atoms with Gasteiger partial charge >= 0.3 is 0 Å². The van der Waals surface area contributed by atoms with Crippen LogP contribution in [0.4, 0.5) is 5.69 Å². The molecule has 0 fully saturated rings. The molecule has 0 spiro atoms. The van der Waals surface area contributed by atoms with Crippen LogP contribution in [0.15, 0.2) is 54.6 Å². The third-order valence-electron chi connectivity index (χ3n) is 2.79. The van der Waals surface area contributed by atoms with Gasteiger partial charge in [-0.15, -0.1) is 0 Å². The number of carbonyl (C=O) groups excluding carboxylic acids is 2. The van der Waals surface area contributed by atoms with Crippen molar-refractivity contribution in [1.82, 2.24) is 0 Å². The van der Waals surface area contributed by atoms with Gasteiger partial charge in [-0.3, -0.25) is 4.79 Å². The highest BCUT2D eigenvalue weighted by atomic mass is 35.5. The molecule has 5 nitrogen and oxygen atoms in total. The van der Waals surface area contributed by atoms with Gasteiger partial charge in [0.2, 0.25) is 0 Å². The molecule has 0 unspecified atom stereocenters. The van der Waals surface area contributed by atoms with Crippen molar-refractivity contribution in [2.75, 3.05) is 11.9 Å². The topological polar surface area (TPSA) is 78.5 Å². The number of carbonyl (C=O) groups is 2. The van der Waals surface area contributed by atoms with Crippen molar-refractivity contribution in [2.45, 2.75) is 0 Å². The Hall–Kier alpha value is -2.79. The Labute approximate surface area is 138 Å². The average molecular weight is 331 g/mol. The van der Waals surface area contributed by atoms with E-state index in [0.717, 1.165) is 6.08 Å². The standard InChI is InChI=1S/C17H14ClNO4/c18-13-4-6-14(7-5-13)19-16(20)11-23-15-8-1-12(2-9-15)3-10-17(21)22/h1-10H,11H2,(H,19,20)(H,21,22)/p-1/b10-3+. The van der Waals surface area contributed by atoms with Gasteiger partial charge in [-0.1, -0.05) is 29.8 Å². The second-order valence-electron chi connectivity index (χ2n) is 4.57. The summed E-state index contributed by atoms with van der Waals surface area (Å²) in [5.41, 5.74) is 1.32. The first-order chi connectivity index (χ1) is 11.0. The maximum Gasteiger partial charge on any atom is 0.262 e. The van der Waals surface area contributed by atoms with E-state index < -0.39 is 5.97 Å². The quantitative estimate of drug-likeness (QED) is 0.823. The lowest BCUT2D eigenvalue weighted by Crippen LogP contribution is -2.20. The molecule has 118 valence electrons. The number of anilines is 1. The molecule has 0 aromatic heterocycles. The number of nitrogens with one attached hydrogen (secondary N) is 1. The number of aliphatic carboxylic acids is 1. The average Bonchev–Trinajstić information content (AvgIpc) is 2.54. The number of benzene rings is 2. The van der Waals surface area contributed by atoms with Crippen LogP contribution in [-0.2, 0) is 9.59 Å². The van der Waals surface area contributed by atoms with E-state index in [1.54, 1.807) is 48.5 Å². The molecular formula is C17H13ClNO4-. The number of carboxylic acids is 1. The second-order valence-corrected chi connectivity index (χ2v) is 5.00. The summed E-state index contributed by atoms with van der Waals surface area (Å²) in [6.45, 7) is -0.142. The van der Waals surface area contributed by atoms with Crippen LogP contribution in [-0.4, -0.2) is 18.5 Å². The summed E-state index contributed by atoms with van der Waals surface area (Å²) in [7, 11) is 0. The van der Waals surface area contributed by atoms with E-state index in [0.29, 0.717) is 22.0 Å². The van der Waals surface area contributed by atoms with E-state index in [1.807, 2.05) is 0 Å². The maximum atomic E-state index is 11.8. The fourth-order valence-electron chi connectivity index (χ4n) is 1.72. The summed E-state index contributed by atoms with van der Waals surface area (Å²) in [6.07, 6.45) is 2.35. The third-order valence-corrected chi connectivity index (χ3v) is 3.04. The zero-order chi connectivity index (χ0) is 16.7. The van der Waals surface area contributed by atoms with Gasteiger partial charge in [0, 0.05) is 10.7 Å². The molecule has 1 N–H and O–H groups in total. The summed E-state index contributed by atoms with van der Waals surface area (Å²) in [4.78, 5) is 22.1. The van der Waals surface area contributed by atoms with Crippen molar-refractivity contribution in [1.29, 1.82) is 0 Å². The molecule has 2 aromatic rings. The number of hydrogen-bond donors (Lipinski definition) is 1. The zero-order valence-electron chi connectivity index (χ0n) is 12.0. The first kappa shape index (κ1) is 16.6. The van der Waals surface area contributed by atoms with Gasteiger partial charge in [0.05, 0.1) is 5.97 Å². The highest BCUT2D eigenvalue weighted by molar-refractivity contribution is 6.30. The van der Waals surface area contributed by atoms with Crippen molar-refractivity contribution >= 4 is 35.2 Å². The van der Waals surface area contributed by atoms with E-state index >= 15 is 0 Å². The molecule has 0 aliphatic rings. The van der Waals surface area contributed by atoms with Crippen LogP contribution in [0.2, 0.25) is 5.02 Å². The monoisotopic (exact) mass is 330 g/mol. The molecule has 0 heterocycles. The Morgan fingerprint density at radius 1 is 1.09 bits per heavy atom. The number of carboxylic acid groups (broad SMARTS) is 1. The van der Waals surface area contributed by atoms with Crippen LogP contribution in [0.25, 0.3) is 6.08 Å². The van der Waals surface area contributed by atoms with Crippen LogP contribution in [0, 0.1) is 0 Å². The Bertz CT molecular complexity index is 708. The summed E-state index contributed by atoms with van der Waals surface area (Å²) >= 11 is 5.76. The van der Waals surface area contributed by atoms with Crippen molar-refractivity contribution in [3.05, 3.63) is 65.2 Å². The highest BCUT2D eigenvalue weighted by Gasteiger charge is 2.03.